The summed E-state index contributed by atoms with van der Waals surface area (Å²) in [4.78, 5) is 11.3. The number of unbranched alkanes of at least 4 members (excludes halogenated alkanes) is 10. The Hall–Kier alpha value is -0.730. The molecule has 0 bridgehead atoms. The third kappa shape index (κ3) is 15.3. The first-order valence-corrected chi connectivity index (χ1v) is 8.60. The first kappa shape index (κ1) is 19.3. The van der Waals surface area contributed by atoms with Crippen molar-refractivity contribution >= 4 is 6.16 Å². The molecule has 0 rings (SSSR count). The standard InChI is InChI=1S/C17H34O3/c1-3-5-7-9-11-13-15-19-17(18)20-16-14-12-10-8-6-4-2/h3-16H2,1-2H3. The highest BCUT2D eigenvalue weighted by Crippen LogP contribution is 2.06. The molecule has 0 fully saturated rings. The molecule has 3 nitrogen and oxygen atoms in total. The Morgan fingerprint density at radius 2 is 0.950 bits per heavy atom. The molecule has 0 saturated carbocycles. The van der Waals surface area contributed by atoms with E-state index in [0.717, 1.165) is 25.7 Å². The van der Waals surface area contributed by atoms with E-state index >= 15 is 0 Å². The molecule has 0 aromatic heterocycles. The van der Waals surface area contributed by atoms with Gasteiger partial charge >= 0.3 is 6.16 Å². The van der Waals surface area contributed by atoms with Crippen LogP contribution in [0.4, 0.5) is 4.79 Å². The third-order valence-electron chi connectivity index (χ3n) is 3.44. The van der Waals surface area contributed by atoms with Gasteiger partial charge in [-0.2, -0.15) is 0 Å². The molecule has 0 aliphatic carbocycles. The Bertz CT molecular complexity index is 184. The highest BCUT2D eigenvalue weighted by molar-refractivity contribution is 5.59. The molecule has 120 valence electrons. The van der Waals surface area contributed by atoms with E-state index in [1.165, 1.54) is 51.4 Å². The zero-order valence-electron chi connectivity index (χ0n) is 13.6. The Morgan fingerprint density at radius 1 is 0.600 bits per heavy atom. The lowest BCUT2D eigenvalue weighted by molar-refractivity contribution is 0.0529. The normalized spacial score (nSPS) is 10.5. The van der Waals surface area contributed by atoms with Crippen molar-refractivity contribution in [1.29, 1.82) is 0 Å². The van der Waals surface area contributed by atoms with Crippen molar-refractivity contribution in [2.24, 2.45) is 0 Å². The van der Waals surface area contributed by atoms with Gasteiger partial charge < -0.3 is 9.47 Å². The molecule has 0 unspecified atom stereocenters. The van der Waals surface area contributed by atoms with Gasteiger partial charge in [-0.3, -0.25) is 0 Å². The van der Waals surface area contributed by atoms with Crippen LogP contribution in [0.5, 0.6) is 0 Å². The lowest BCUT2D eigenvalue weighted by Gasteiger charge is -2.06. The zero-order valence-corrected chi connectivity index (χ0v) is 13.6. The van der Waals surface area contributed by atoms with E-state index in [9.17, 15) is 4.79 Å². The van der Waals surface area contributed by atoms with Gasteiger partial charge in [0.05, 0.1) is 13.2 Å². The van der Waals surface area contributed by atoms with E-state index < -0.39 is 6.16 Å². The molecule has 0 atom stereocenters. The lowest BCUT2D eigenvalue weighted by Crippen LogP contribution is -2.09. The van der Waals surface area contributed by atoms with Crippen molar-refractivity contribution in [2.45, 2.75) is 90.9 Å². The fraction of sp³-hybridized carbons (Fsp3) is 0.941. The van der Waals surface area contributed by atoms with Gasteiger partial charge in [-0.25, -0.2) is 4.79 Å². The van der Waals surface area contributed by atoms with Gasteiger partial charge in [0.15, 0.2) is 0 Å². The van der Waals surface area contributed by atoms with Gasteiger partial charge in [0.2, 0.25) is 0 Å². The van der Waals surface area contributed by atoms with Crippen LogP contribution < -0.4 is 0 Å². The minimum Gasteiger partial charge on any atom is -0.434 e. The van der Waals surface area contributed by atoms with Crippen LogP contribution in [0.15, 0.2) is 0 Å². The summed E-state index contributed by atoms with van der Waals surface area (Å²) in [5, 5.41) is 0. The first-order chi connectivity index (χ1) is 9.81. The highest BCUT2D eigenvalue weighted by atomic mass is 16.7. The van der Waals surface area contributed by atoms with Gasteiger partial charge in [0, 0.05) is 0 Å². The first-order valence-electron chi connectivity index (χ1n) is 8.60. The average Bonchev–Trinajstić information content (AvgIpc) is 2.45. The van der Waals surface area contributed by atoms with Gasteiger partial charge in [-0.15, -0.1) is 0 Å². The number of hydrogen-bond donors (Lipinski definition) is 0. The lowest BCUT2D eigenvalue weighted by atomic mass is 10.1. The summed E-state index contributed by atoms with van der Waals surface area (Å²) in [6.45, 7) is 5.43. The highest BCUT2D eigenvalue weighted by Gasteiger charge is 2.02. The molecule has 0 spiro atoms. The SMILES string of the molecule is CCCCCCCCOC(=O)OCCCCCCCC. The largest absolute Gasteiger partial charge is 0.508 e. The number of ether oxygens (including phenoxy) is 2. The summed E-state index contributed by atoms with van der Waals surface area (Å²) in [5.74, 6) is 0. The second-order valence-corrected chi connectivity index (χ2v) is 5.48. The topological polar surface area (TPSA) is 35.5 Å². The van der Waals surface area contributed by atoms with Gasteiger partial charge in [-0.1, -0.05) is 78.1 Å². The van der Waals surface area contributed by atoms with Gasteiger partial charge in [0.1, 0.15) is 0 Å². The van der Waals surface area contributed by atoms with Crippen LogP contribution in [0.2, 0.25) is 0 Å². The zero-order chi connectivity index (χ0) is 14.9. The third-order valence-corrected chi connectivity index (χ3v) is 3.44. The Kier molecular flexibility index (Phi) is 15.7. The van der Waals surface area contributed by atoms with E-state index in [0.29, 0.717) is 13.2 Å². The number of carbonyl (C=O) groups is 1. The van der Waals surface area contributed by atoms with Crippen LogP contribution in [0.3, 0.4) is 0 Å². The molecular formula is C17H34O3. The molecule has 0 heterocycles. The summed E-state index contributed by atoms with van der Waals surface area (Å²) in [6, 6.07) is 0. The van der Waals surface area contributed by atoms with Crippen LogP contribution in [0.25, 0.3) is 0 Å². The quantitative estimate of drug-likeness (QED) is 0.296. The fourth-order valence-electron chi connectivity index (χ4n) is 2.12. The average molecular weight is 286 g/mol. The maximum atomic E-state index is 11.3. The molecule has 0 N–H and O–H groups in total. The molecule has 0 radical (unpaired) electrons. The van der Waals surface area contributed by atoms with E-state index in [1.807, 2.05) is 0 Å². The number of hydrogen-bond acceptors (Lipinski definition) is 3. The maximum absolute atomic E-state index is 11.3. The second kappa shape index (κ2) is 16.3. The second-order valence-electron chi connectivity index (χ2n) is 5.48. The van der Waals surface area contributed by atoms with Crippen molar-refractivity contribution in [3.8, 4) is 0 Å². The predicted molar refractivity (Wildman–Crippen MR) is 84.1 cm³/mol. The van der Waals surface area contributed by atoms with Crippen molar-refractivity contribution in [3.05, 3.63) is 0 Å². The van der Waals surface area contributed by atoms with Crippen LogP contribution in [0, 0.1) is 0 Å². The molecule has 20 heavy (non-hydrogen) atoms. The molecule has 0 aromatic rings. The van der Waals surface area contributed by atoms with Gasteiger partial charge in [0.25, 0.3) is 0 Å². The molecule has 0 aromatic carbocycles. The molecule has 0 amide bonds. The van der Waals surface area contributed by atoms with Crippen LogP contribution in [0.1, 0.15) is 90.9 Å². The fourth-order valence-corrected chi connectivity index (χ4v) is 2.12. The summed E-state index contributed by atoms with van der Waals surface area (Å²) < 4.78 is 10.1. The van der Waals surface area contributed by atoms with Gasteiger partial charge in [-0.05, 0) is 12.8 Å². The summed E-state index contributed by atoms with van der Waals surface area (Å²) >= 11 is 0. The summed E-state index contributed by atoms with van der Waals surface area (Å²) in [5.41, 5.74) is 0. The maximum Gasteiger partial charge on any atom is 0.508 e. The van der Waals surface area contributed by atoms with Crippen molar-refractivity contribution in [1.82, 2.24) is 0 Å². The minimum absolute atomic E-state index is 0.493. The van der Waals surface area contributed by atoms with E-state index in [4.69, 9.17) is 9.47 Å². The number of carbonyl (C=O) groups excluding carboxylic acids is 1. The minimum atomic E-state index is -0.493. The smallest absolute Gasteiger partial charge is 0.434 e. The molecule has 3 heteroatoms. The monoisotopic (exact) mass is 286 g/mol. The molecule has 0 aliphatic heterocycles. The Labute approximate surface area is 125 Å². The summed E-state index contributed by atoms with van der Waals surface area (Å²) in [6.07, 6.45) is 13.9. The van der Waals surface area contributed by atoms with Crippen molar-refractivity contribution in [3.63, 3.8) is 0 Å². The van der Waals surface area contributed by atoms with Crippen LogP contribution in [-0.4, -0.2) is 19.4 Å². The van der Waals surface area contributed by atoms with Crippen molar-refractivity contribution < 1.29 is 14.3 Å². The molecular weight excluding hydrogens is 252 g/mol. The molecule has 0 aliphatic rings. The Morgan fingerprint density at radius 3 is 1.35 bits per heavy atom. The van der Waals surface area contributed by atoms with Crippen LogP contribution in [-0.2, 0) is 9.47 Å². The van der Waals surface area contributed by atoms with E-state index in [-0.39, 0.29) is 0 Å². The Balaban J connectivity index is 3.13. The van der Waals surface area contributed by atoms with Crippen LogP contribution >= 0.6 is 0 Å². The molecule has 0 saturated heterocycles. The predicted octanol–water partition coefficient (Wildman–Crippen LogP) is 5.86. The number of rotatable bonds is 14. The summed E-state index contributed by atoms with van der Waals surface area (Å²) in [7, 11) is 0. The van der Waals surface area contributed by atoms with E-state index in [1.54, 1.807) is 0 Å². The van der Waals surface area contributed by atoms with Crippen molar-refractivity contribution in [2.75, 3.05) is 13.2 Å². The van der Waals surface area contributed by atoms with E-state index in [2.05, 4.69) is 13.8 Å².